The van der Waals surface area contributed by atoms with Gasteiger partial charge in [-0.05, 0) is 37.0 Å². The minimum absolute atomic E-state index is 0.0383. The van der Waals surface area contributed by atoms with Crippen molar-refractivity contribution in [2.75, 3.05) is 17.2 Å². The predicted octanol–water partition coefficient (Wildman–Crippen LogP) is 4.90. The molecule has 2 amide bonds. The zero-order chi connectivity index (χ0) is 18.4. The SMILES string of the molecule is CCC(C)(C)COc1ccc(Cl)cc1NC(=O)Nc1cnc(C)cn1. The van der Waals surface area contributed by atoms with Gasteiger partial charge in [-0.25, -0.2) is 9.78 Å². The van der Waals surface area contributed by atoms with E-state index in [9.17, 15) is 4.79 Å². The standard InChI is InChI=1S/C18H23ClN4O2/c1-5-18(3,4)11-25-15-7-6-13(19)8-14(15)22-17(24)23-16-10-20-12(2)9-21-16/h6-10H,5,11H2,1-4H3,(H2,21,22,23,24). The lowest BCUT2D eigenvalue weighted by Gasteiger charge is -2.23. The number of hydrogen-bond acceptors (Lipinski definition) is 4. The molecule has 0 bridgehead atoms. The summed E-state index contributed by atoms with van der Waals surface area (Å²) in [6.45, 7) is 8.72. The van der Waals surface area contributed by atoms with Crippen molar-refractivity contribution >= 4 is 29.1 Å². The maximum absolute atomic E-state index is 12.2. The Kier molecular flexibility index (Phi) is 6.20. The lowest BCUT2D eigenvalue weighted by molar-refractivity contribution is 0.176. The third-order valence-corrected chi connectivity index (χ3v) is 4.02. The van der Waals surface area contributed by atoms with Crippen LogP contribution in [0.1, 0.15) is 32.9 Å². The highest BCUT2D eigenvalue weighted by molar-refractivity contribution is 6.31. The summed E-state index contributed by atoms with van der Waals surface area (Å²) < 4.78 is 5.89. The molecular weight excluding hydrogens is 340 g/mol. The fourth-order valence-electron chi connectivity index (χ4n) is 1.83. The van der Waals surface area contributed by atoms with E-state index in [4.69, 9.17) is 16.3 Å². The molecule has 0 spiro atoms. The smallest absolute Gasteiger partial charge is 0.325 e. The molecular formula is C18H23ClN4O2. The highest BCUT2D eigenvalue weighted by Crippen LogP contribution is 2.30. The fourth-order valence-corrected chi connectivity index (χ4v) is 2.00. The van der Waals surface area contributed by atoms with Crippen LogP contribution >= 0.6 is 11.6 Å². The number of aryl methyl sites for hydroxylation is 1. The largest absolute Gasteiger partial charge is 0.491 e. The summed E-state index contributed by atoms with van der Waals surface area (Å²) in [7, 11) is 0. The molecule has 6 nitrogen and oxygen atoms in total. The topological polar surface area (TPSA) is 76.1 Å². The summed E-state index contributed by atoms with van der Waals surface area (Å²) >= 11 is 6.05. The molecule has 7 heteroatoms. The molecule has 0 atom stereocenters. The van der Waals surface area contributed by atoms with Gasteiger partial charge < -0.3 is 10.1 Å². The number of nitrogens with zero attached hydrogens (tertiary/aromatic N) is 2. The molecule has 134 valence electrons. The number of rotatable bonds is 6. The maximum atomic E-state index is 12.2. The molecule has 0 aliphatic carbocycles. The van der Waals surface area contributed by atoms with E-state index >= 15 is 0 Å². The highest BCUT2D eigenvalue weighted by atomic mass is 35.5. The van der Waals surface area contributed by atoms with Gasteiger partial charge in [-0.15, -0.1) is 0 Å². The third kappa shape index (κ3) is 5.90. The van der Waals surface area contributed by atoms with Gasteiger partial charge in [0.1, 0.15) is 5.75 Å². The van der Waals surface area contributed by atoms with Crippen molar-refractivity contribution in [3.8, 4) is 5.75 Å². The quantitative estimate of drug-likeness (QED) is 0.766. The third-order valence-electron chi connectivity index (χ3n) is 3.79. The van der Waals surface area contributed by atoms with Crippen molar-refractivity contribution in [3.63, 3.8) is 0 Å². The number of nitrogens with one attached hydrogen (secondary N) is 2. The summed E-state index contributed by atoms with van der Waals surface area (Å²) in [6.07, 6.45) is 4.06. The van der Waals surface area contributed by atoms with Gasteiger partial charge in [0, 0.05) is 5.02 Å². The van der Waals surface area contributed by atoms with Crippen LogP contribution in [0.4, 0.5) is 16.3 Å². The Labute approximate surface area is 153 Å². The molecule has 0 fully saturated rings. The van der Waals surface area contributed by atoms with Crippen LogP contribution in [-0.4, -0.2) is 22.6 Å². The first kappa shape index (κ1) is 19.0. The van der Waals surface area contributed by atoms with Crippen molar-refractivity contribution < 1.29 is 9.53 Å². The van der Waals surface area contributed by atoms with E-state index < -0.39 is 6.03 Å². The molecule has 0 saturated heterocycles. The molecule has 0 aliphatic heterocycles. The molecule has 0 aliphatic rings. The van der Waals surface area contributed by atoms with Crippen LogP contribution in [0.5, 0.6) is 5.75 Å². The molecule has 0 radical (unpaired) electrons. The number of anilines is 2. The summed E-state index contributed by atoms with van der Waals surface area (Å²) in [4.78, 5) is 20.4. The molecule has 1 heterocycles. The molecule has 2 aromatic rings. The van der Waals surface area contributed by atoms with Crippen LogP contribution in [0, 0.1) is 12.3 Å². The fraction of sp³-hybridized carbons (Fsp3) is 0.389. The van der Waals surface area contributed by atoms with Crippen molar-refractivity contribution in [2.45, 2.75) is 34.1 Å². The van der Waals surface area contributed by atoms with Gasteiger partial charge in [0.25, 0.3) is 0 Å². The summed E-state index contributed by atoms with van der Waals surface area (Å²) in [6, 6.07) is 4.68. The Bertz CT molecular complexity index is 732. The molecule has 2 rings (SSSR count). The van der Waals surface area contributed by atoms with E-state index in [-0.39, 0.29) is 5.41 Å². The van der Waals surface area contributed by atoms with Gasteiger partial charge in [0.05, 0.1) is 30.4 Å². The monoisotopic (exact) mass is 362 g/mol. The second-order valence-electron chi connectivity index (χ2n) is 6.57. The average Bonchev–Trinajstić information content (AvgIpc) is 2.56. The summed E-state index contributed by atoms with van der Waals surface area (Å²) in [5.41, 5.74) is 1.31. The van der Waals surface area contributed by atoms with E-state index in [1.165, 1.54) is 6.20 Å². The number of urea groups is 1. The zero-order valence-corrected chi connectivity index (χ0v) is 15.6. The van der Waals surface area contributed by atoms with E-state index in [0.717, 1.165) is 12.1 Å². The van der Waals surface area contributed by atoms with Gasteiger partial charge in [0.2, 0.25) is 0 Å². The number of halogens is 1. The van der Waals surface area contributed by atoms with Crippen molar-refractivity contribution in [3.05, 3.63) is 41.3 Å². The Balaban J connectivity index is 2.08. The Morgan fingerprint density at radius 1 is 1.24 bits per heavy atom. The Hall–Kier alpha value is -2.34. The van der Waals surface area contributed by atoms with E-state index in [1.807, 2.05) is 6.92 Å². The van der Waals surface area contributed by atoms with E-state index in [2.05, 4.69) is 41.4 Å². The molecule has 0 unspecified atom stereocenters. The minimum Gasteiger partial charge on any atom is -0.491 e. The van der Waals surface area contributed by atoms with Gasteiger partial charge in [0.15, 0.2) is 5.82 Å². The predicted molar refractivity (Wildman–Crippen MR) is 100 cm³/mol. The lowest BCUT2D eigenvalue weighted by atomic mass is 9.92. The van der Waals surface area contributed by atoms with Gasteiger partial charge in [-0.2, -0.15) is 0 Å². The van der Waals surface area contributed by atoms with Crippen LogP contribution < -0.4 is 15.4 Å². The van der Waals surface area contributed by atoms with Crippen LogP contribution in [0.2, 0.25) is 5.02 Å². The van der Waals surface area contributed by atoms with Crippen molar-refractivity contribution in [1.82, 2.24) is 9.97 Å². The molecule has 2 N–H and O–H groups in total. The molecule has 1 aromatic carbocycles. The number of benzene rings is 1. The van der Waals surface area contributed by atoms with Crippen LogP contribution in [0.25, 0.3) is 0 Å². The second-order valence-corrected chi connectivity index (χ2v) is 7.01. The highest BCUT2D eigenvalue weighted by Gasteiger charge is 2.18. The first-order valence-corrected chi connectivity index (χ1v) is 8.46. The molecule has 1 aromatic heterocycles. The zero-order valence-electron chi connectivity index (χ0n) is 14.9. The first-order valence-electron chi connectivity index (χ1n) is 8.08. The van der Waals surface area contributed by atoms with Crippen LogP contribution in [0.3, 0.4) is 0 Å². The van der Waals surface area contributed by atoms with Crippen LogP contribution in [-0.2, 0) is 0 Å². The summed E-state index contributed by atoms with van der Waals surface area (Å²) in [5, 5.41) is 5.87. The van der Waals surface area contributed by atoms with E-state index in [1.54, 1.807) is 24.4 Å². The Morgan fingerprint density at radius 3 is 2.64 bits per heavy atom. The maximum Gasteiger partial charge on any atom is 0.325 e. The van der Waals surface area contributed by atoms with Crippen LogP contribution in [0.15, 0.2) is 30.6 Å². The number of ether oxygens (including phenoxy) is 1. The molecule has 25 heavy (non-hydrogen) atoms. The number of carbonyl (C=O) groups is 1. The average molecular weight is 363 g/mol. The summed E-state index contributed by atoms with van der Waals surface area (Å²) in [5.74, 6) is 0.927. The number of amides is 2. The van der Waals surface area contributed by atoms with Crippen molar-refractivity contribution in [1.29, 1.82) is 0 Å². The number of hydrogen-bond donors (Lipinski definition) is 2. The number of aromatic nitrogens is 2. The minimum atomic E-state index is -0.444. The van der Waals surface area contributed by atoms with Gasteiger partial charge in [-0.1, -0.05) is 32.4 Å². The van der Waals surface area contributed by atoms with Gasteiger partial charge >= 0.3 is 6.03 Å². The Morgan fingerprint density at radius 2 is 2.00 bits per heavy atom. The van der Waals surface area contributed by atoms with Crippen molar-refractivity contribution in [2.24, 2.45) is 5.41 Å². The van der Waals surface area contributed by atoms with E-state index in [0.29, 0.717) is 28.9 Å². The normalized spacial score (nSPS) is 11.1. The molecule has 0 saturated carbocycles. The van der Waals surface area contributed by atoms with Gasteiger partial charge in [-0.3, -0.25) is 10.3 Å². The first-order chi connectivity index (χ1) is 11.8. The second kappa shape index (κ2) is 8.16. The lowest BCUT2D eigenvalue weighted by Crippen LogP contribution is -2.23. The number of carbonyl (C=O) groups excluding carboxylic acids is 1.